The fourth-order valence-corrected chi connectivity index (χ4v) is 10.0. The zero-order valence-corrected chi connectivity index (χ0v) is 45.2. The summed E-state index contributed by atoms with van der Waals surface area (Å²) in [5, 5.41) is 69.9. The average Bonchev–Trinajstić information content (AvgIpc) is 3.43. The van der Waals surface area contributed by atoms with Gasteiger partial charge in [0.05, 0.1) is 35.5 Å². The molecule has 420 valence electrons. The first kappa shape index (κ1) is 60.4. The number of phenols is 1. The van der Waals surface area contributed by atoms with E-state index >= 15 is 0 Å². The standard InChI is InChI=1S/C40H45Cl2N15O17S4/c1-17(58)13-56(14-18(2)59)39-48-35(41)46-37(50-39)44-22-5-7-26(75(63,64)65)24(11-22)52-54-32-28(77(69,70)71)9-21-10-29(78(72,73)74)33(34(62)30(21)31(32)43)55-53-25-12-23(6-8-27(25)76(66,67)68)45-38-47-36(42)49-40(51-38)57(15-19(3)60)16-20(4)61/h5-12,17-20,58-62H,13-16,43H2,1-4H3,(H,63,64,65)(H,66,67,68)(H,69,70,71)(H,72,73,74)(H,44,46,48,50)(H,45,47,49,51). The van der Waals surface area contributed by atoms with Crippen molar-refractivity contribution in [2.45, 2.75) is 71.7 Å². The summed E-state index contributed by atoms with van der Waals surface area (Å²) in [4.78, 5) is 22.7. The zero-order valence-electron chi connectivity index (χ0n) is 40.4. The fraction of sp³-hybridized carbons (Fsp3) is 0.300. The molecule has 0 saturated carbocycles. The Morgan fingerprint density at radius 1 is 0.526 bits per heavy atom. The lowest BCUT2D eigenvalue weighted by Gasteiger charge is -2.25. The molecule has 0 bridgehead atoms. The topological polar surface area (TPSA) is 502 Å². The summed E-state index contributed by atoms with van der Waals surface area (Å²) in [5.74, 6) is -2.17. The van der Waals surface area contributed by atoms with Crippen LogP contribution in [-0.2, 0) is 40.5 Å². The van der Waals surface area contributed by atoms with Crippen LogP contribution in [0.15, 0.2) is 88.6 Å². The Morgan fingerprint density at radius 2 is 0.872 bits per heavy atom. The van der Waals surface area contributed by atoms with Gasteiger partial charge in [-0.2, -0.15) is 63.6 Å². The van der Waals surface area contributed by atoms with Crippen molar-refractivity contribution in [2.75, 3.05) is 52.3 Å². The van der Waals surface area contributed by atoms with E-state index < -0.39 is 129 Å². The third-order valence-electron chi connectivity index (χ3n) is 10.1. The molecule has 0 fully saturated rings. The van der Waals surface area contributed by atoms with Gasteiger partial charge in [-0.15, -0.1) is 20.5 Å². The van der Waals surface area contributed by atoms with Gasteiger partial charge in [-0.3, -0.25) is 18.2 Å². The van der Waals surface area contributed by atoms with Crippen LogP contribution in [-0.4, -0.2) is 158 Å². The van der Waals surface area contributed by atoms with Crippen molar-refractivity contribution in [1.82, 2.24) is 29.9 Å². The molecular formula is C40H45Cl2N15O17S4. The molecule has 0 aliphatic rings. The van der Waals surface area contributed by atoms with Gasteiger partial charge in [0.2, 0.25) is 34.4 Å². The maximum Gasteiger partial charge on any atom is 0.296 e. The van der Waals surface area contributed by atoms with Gasteiger partial charge in [-0.25, -0.2) is 0 Å². The number of halogens is 2. The number of aromatic hydroxyl groups is 1. The van der Waals surface area contributed by atoms with Gasteiger partial charge in [0.1, 0.15) is 42.3 Å². The van der Waals surface area contributed by atoms with E-state index in [0.29, 0.717) is 12.1 Å². The van der Waals surface area contributed by atoms with E-state index in [-0.39, 0.29) is 71.9 Å². The molecule has 0 amide bonds. The normalized spacial score (nSPS) is 14.2. The van der Waals surface area contributed by atoms with E-state index in [9.17, 15) is 77.4 Å². The number of nitrogen functional groups attached to an aromatic ring is 1. The van der Waals surface area contributed by atoms with Gasteiger partial charge >= 0.3 is 0 Å². The summed E-state index contributed by atoms with van der Waals surface area (Å²) in [6.07, 6.45) is -3.73. The fourth-order valence-electron chi connectivity index (χ4n) is 7.18. The largest absolute Gasteiger partial charge is 0.505 e. The molecule has 4 atom stereocenters. The van der Waals surface area contributed by atoms with Crippen LogP contribution in [0.1, 0.15) is 27.7 Å². The number of nitrogens with one attached hydrogen (secondary N) is 2. The Balaban J connectivity index is 1.48. The molecule has 32 nitrogen and oxygen atoms in total. The van der Waals surface area contributed by atoms with Gasteiger partial charge in [-0.05, 0) is 105 Å². The van der Waals surface area contributed by atoms with Gasteiger partial charge in [-0.1, -0.05) is 0 Å². The highest BCUT2D eigenvalue weighted by atomic mass is 35.5. The summed E-state index contributed by atoms with van der Waals surface area (Å²) in [6, 6.07) is 6.59. The van der Waals surface area contributed by atoms with Crippen molar-refractivity contribution in [3.63, 3.8) is 0 Å². The Hall–Kier alpha value is -6.78. The lowest BCUT2D eigenvalue weighted by Crippen LogP contribution is -2.37. The van der Waals surface area contributed by atoms with Crippen LogP contribution in [0, 0.1) is 0 Å². The Bertz CT molecular complexity index is 3560. The Labute approximate surface area is 452 Å². The van der Waals surface area contributed by atoms with Crippen molar-refractivity contribution in [3.8, 4) is 5.75 Å². The number of nitrogens with zero attached hydrogens (tertiary/aromatic N) is 12. The van der Waals surface area contributed by atoms with Crippen molar-refractivity contribution in [3.05, 3.63) is 59.1 Å². The molecule has 0 radical (unpaired) electrons. The third kappa shape index (κ3) is 15.3. The minimum absolute atomic E-state index is 0.0691. The third-order valence-corrected chi connectivity index (χ3v) is 13.9. The van der Waals surface area contributed by atoms with E-state index in [4.69, 9.17) is 28.9 Å². The summed E-state index contributed by atoms with van der Waals surface area (Å²) in [7, 11) is -21.4. The first-order valence-electron chi connectivity index (χ1n) is 21.8. The number of aliphatic hydroxyl groups is 4. The number of azo groups is 2. The highest BCUT2D eigenvalue weighted by Crippen LogP contribution is 2.49. The predicted molar refractivity (Wildman–Crippen MR) is 278 cm³/mol. The van der Waals surface area contributed by atoms with Crippen LogP contribution in [0.5, 0.6) is 5.75 Å². The number of aromatic nitrogens is 6. The molecular weight excluding hydrogens is 1160 g/mol. The quantitative estimate of drug-likeness (QED) is 0.0257. The molecule has 4 aromatic carbocycles. The minimum Gasteiger partial charge on any atom is -0.505 e. The number of rotatable bonds is 22. The number of benzene rings is 4. The monoisotopic (exact) mass is 1210 g/mol. The molecule has 6 rings (SSSR count). The summed E-state index contributed by atoms with van der Waals surface area (Å²) in [6.45, 7) is 5.56. The second-order valence-corrected chi connectivity index (χ2v) is 23.1. The summed E-state index contributed by atoms with van der Waals surface area (Å²) in [5.41, 5.74) is 1.31. The van der Waals surface area contributed by atoms with Crippen LogP contribution in [0.4, 0.5) is 63.6 Å². The predicted octanol–water partition coefficient (Wildman–Crippen LogP) is 4.25. The summed E-state index contributed by atoms with van der Waals surface area (Å²) < 4.78 is 143. The van der Waals surface area contributed by atoms with Crippen LogP contribution in [0.3, 0.4) is 0 Å². The first-order chi connectivity index (χ1) is 36.1. The van der Waals surface area contributed by atoms with Crippen LogP contribution < -0.4 is 26.2 Å². The number of hydrogen-bond acceptors (Lipinski definition) is 28. The Morgan fingerprint density at radius 3 is 1.22 bits per heavy atom. The Kier molecular flexibility index (Phi) is 18.3. The lowest BCUT2D eigenvalue weighted by atomic mass is 10.1. The summed E-state index contributed by atoms with van der Waals surface area (Å²) >= 11 is 12.3. The molecule has 78 heavy (non-hydrogen) atoms. The number of hydrogen-bond donors (Lipinski definition) is 12. The van der Waals surface area contributed by atoms with Crippen LogP contribution in [0.25, 0.3) is 10.8 Å². The SMILES string of the molecule is CC(O)CN(CC(C)O)c1nc(Cl)nc(Nc2ccc(S(=O)(=O)O)c(N=Nc3c(S(=O)(=O)O)cc4cc(S(=O)(=O)O)c(N=Nc5cc(Nc6nc(Cl)nc(N(CC(C)O)CC(C)O)n6)ccc5S(=O)(=O)O)c(O)c4c3N)c2)n1. The highest BCUT2D eigenvalue weighted by molar-refractivity contribution is 7.86. The second kappa shape index (κ2) is 23.7. The molecule has 0 saturated heterocycles. The number of phenolic OH excluding ortho intramolecular Hbond substituents is 1. The van der Waals surface area contributed by atoms with Crippen molar-refractivity contribution in [1.29, 1.82) is 0 Å². The minimum atomic E-state index is -5.54. The number of nitrogens with two attached hydrogens (primary N) is 1. The number of aliphatic hydroxyl groups excluding tert-OH is 4. The second-order valence-electron chi connectivity index (χ2n) is 16.9. The molecule has 13 N–H and O–H groups in total. The molecule has 0 aliphatic carbocycles. The van der Waals surface area contributed by atoms with Gasteiger partial charge in [0, 0.05) is 37.6 Å². The van der Waals surface area contributed by atoms with Crippen molar-refractivity contribution < 1.29 is 77.4 Å². The molecule has 0 spiro atoms. The smallest absolute Gasteiger partial charge is 0.296 e. The van der Waals surface area contributed by atoms with E-state index in [2.05, 4.69) is 61.0 Å². The van der Waals surface area contributed by atoms with E-state index in [0.717, 1.165) is 36.4 Å². The number of anilines is 7. The van der Waals surface area contributed by atoms with Crippen LogP contribution >= 0.6 is 23.2 Å². The lowest BCUT2D eigenvalue weighted by molar-refractivity contribution is 0.176. The van der Waals surface area contributed by atoms with Crippen molar-refractivity contribution >= 4 is 138 Å². The van der Waals surface area contributed by atoms with E-state index in [1.807, 2.05) is 0 Å². The molecule has 2 heterocycles. The van der Waals surface area contributed by atoms with E-state index in [1.54, 1.807) is 0 Å². The van der Waals surface area contributed by atoms with E-state index in [1.165, 1.54) is 37.5 Å². The molecule has 0 aliphatic heterocycles. The maximum absolute atomic E-state index is 12.9. The van der Waals surface area contributed by atoms with Crippen LogP contribution in [0.2, 0.25) is 10.6 Å². The zero-order chi connectivity index (χ0) is 58.0. The first-order valence-corrected chi connectivity index (χ1v) is 28.3. The molecule has 2 aromatic heterocycles. The van der Waals surface area contributed by atoms with Gasteiger partial charge in [0.15, 0.2) is 5.75 Å². The molecule has 4 unspecified atom stereocenters. The average molecular weight is 1210 g/mol. The molecule has 6 aromatic rings. The molecule has 38 heteroatoms. The van der Waals surface area contributed by atoms with Gasteiger partial charge in [0.25, 0.3) is 40.5 Å². The highest BCUT2D eigenvalue weighted by Gasteiger charge is 2.29. The van der Waals surface area contributed by atoms with Crippen molar-refractivity contribution in [2.24, 2.45) is 20.5 Å². The number of fused-ring (bicyclic) bond motifs is 1. The van der Waals surface area contributed by atoms with Gasteiger partial charge < -0.3 is 51.7 Å². The maximum atomic E-state index is 12.9.